The Bertz CT molecular complexity index is 1090. The molecule has 0 spiro atoms. The summed E-state index contributed by atoms with van der Waals surface area (Å²) in [6.45, 7) is 5.70. The molecule has 0 radical (unpaired) electrons. The number of carboxylic acid groups (broad SMARTS) is 1. The van der Waals surface area contributed by atoms with Gasteiger partial charge in [-0.05, 0) is 38.5 Å². The summed E-state index contributed by atoms with van der Waals surface area (Å²) < 4.78 is 3.06. The molecule has 2 N–H and O–H groups in total. The second-order valence-electron chi connectivity index (χ2n) is 6.62. The number of carbonyl (C=O) groups excluding carboxylic acids is 1. The Kier molecular flexibility index (Phi) is 5.95. The molecular weight excluding hydrogens is 417 g/mol. The number of halogens is 2. The molecule has 3 aromatic rings. The molecule has 0 aliphatic rings. The zero-order chi connectivity index (χ0) is 21.3. The molecule has 0 aliphatic heterocycles. The molecule has 1 unspecified atom stereocenters. The second kappa shape index (κ2) is 8.26. The Labute approximate surface area is 177 Å². The van der Waals surface area contributed by atoms with E-state index in [-0.39, 0.29) is 11.5 Å². The molecule has 2 aromatic heterocycles. The third kappa shape index (κ3) is 4.44. The van der Waals surface area contributed by atoms with Crippen LogP contribution in [0.5, 0.6) is 0 Å². The van der Waals surface area contributed by atoms with E-state index in [1.54, 1.807) is 30.7 Å². The number of amides is 1. The number of hydrogen-bond donors (Lipinski definition) is 2. The van der Waals surface area contributed by atoms with Crippen molar-refractivity contribution < 1.29 is 14.7 Å². The third-order valence-electron chi connectivity index (χ3n) is 4.59. The Balaban J connectivity index is 1.78. The SMILES string of the molecule is Cc1nn(Cc2ccc(Cl)cc2Cl)c(C)c1NC(=O)C(C)n1cc(C(=O)O)cn1. The summed E-state index contributed by atoms with van der Waals surface area (Å²) in [6.07, 6.45) is 2.52. The van der Waals surface area contributed by atoms with E-state index in [9.17, 15) is 9.59 Å². The second-order valence-corrected chi connectivity index (χ2v) is 7.46. The van der Waals surface area contributed by atoms with E-state index in [1.165, 1.54) is 17.1 Å². The molecular formula is C19H19Cl2N5O3. The van der Waals surface area contributed by atoms with Crippen LogP contribution in [0.25, 0.3) is 0 Å². The quantitative estimate of drug-likeness (QED) is 0.609. The first kappa shape index (κ1) is 20.9. The molecule has 1 amide bonds. The molecule has 0 saturated heterocycles. The van der Waals surface area contributed by atoms with Gasteiger partial charge in [0.2, 0.25) is 5.91 Å². The number of carboxylic acids is 1. The minimum Gasteiger partial charge on any atom is -0.478 e. The van der Waals surface area contributed by atoms with Gasteiger partial charge in [0.25, 0.3) is 0 Å². The van der Waals surface area contributed by atoms with Crippen molar-refractivity contribution in [3.05, 3.63) is 63.2 Å². The van der Waals surface area contributed by atoms with Gasteiger partial charge in [-0.3, -0.25) is 14.2 Å². The number of nitrogens with one attached hydrogen (secondary N) is 1. The highest BCUT2D eigenvalue weighted by molar-refractivity contribution is 6.35. The Hall–Kier alpha value is -2.84. The van der Waals surface area contributed by atoms with Crippen molar-refractivity contribution in [3.63, 3.8) is 0 Å². The molecule has 0 fully saturated rings. The van der Waals surface area contributed by atoms with Crippen molar-refractivity contribution in [1.82, 2.24) is 19.6 Å². The van der Waals surface area contributed by atoms with E-state index in [1.807, 2.05) is 13.0 Å². The normalized spacial score (nSPS) is 12.0. The number of benzene rings is 1. The number of anilines is 1. The van der Waals surface area contributed by atoms with Crippen molar-refractivity contribution in [3.8, 4) is 0 Å². The molecule has 29 heavy (non-hydrogen) atoms. The summed E-state index contributed by atoms with van der Waals surface area (Å²) in [5.41, 5.74) is 2.88. The Morgan fingerprint density at radius 3 is 2.62 bits per heavy atom. The van der Waals surface area contributed by atoms with E-state index in [4.69, 9.17) is 28.3 Å². The number of nitrogens with zero attached hydrogens (tertiary/aromatic N) is 4. The fourth-order valence-corrected chi connectivity index (χ4v) is 3.32. The molecule has 1 aromatic carbocycles. The van der Waals surface area contributed by atoms with Gasteiger partial charge < -0.3 is 10.4 Å². The minimum absolute atomic E-state index is 0.0182. The number of aromatic carboxylic acids is 1. The molecule has 0 saturated carbocycles. The van der Waals surface area contributed by atoms with Gasteiger partial charge >= 0.3 is 5.97 Å². The molecule has 8 nitrogen and oxygen atoms in total. The maximum absolute atomic E-state index is 12.7. The van der Waals surface area contributed by atoms with Gasteiger partial charge in [-0.15, -0.1) is 0 Å². The topological polar surface area (TPSA) is 102 Å². The summed E-state index contributed by atoms with van der Waals surface area (Å²) in [5.74, 6) is -1.43. The molecule has 2 heterocycles. The summed E-state index contributed by atoms with van der Waals surface area (Å²) in [7, 11) is 0. The summed E-state index contributed by atoms with van der Waals surface area (Å²) >= 11 is 12.2. The van der Waals surface area contributed by atoms with E-state index < -0.39 is 12.0 Å². The van der Waals surface area contributed by atoms with Crippen LogP contribution in [-0.2, 0) is 11.3 Å². The summed E-state index contributed by atoms with van der Waals surface area (Å²) in [4.78, 5) is 23.7. The molecule has 10 heteroatoms. The van der Waals surface area contributed by atoms with E-state index in [0.29, 0.717) is 28.0 Å². The molecule has 3 rings (SSSR count). The van der Waals surface area contributed by atoms with Crippen molar-refractivity contribution >= 4 is 40.8 Å². The first-order valence-electron chi connectivity index (χ1n) is 8.73. The molecule has 0 bridgehead atoms. The first-order valence-corrected chi connectivity index (χ1v) is 9.49. The predicted molar refractivity (Wildman–Crippen MR) is 110 cm³/mol. The zero-order valence-electron chi connectivity index (χ0n) is 16.0. The van der Waals surface area contributed by atoms with Crippen LogP contribution in [0, 0.1) is 13.8 Å². The predicted octanol–water partition coefficient (Wildman–Crippen LogP) is 3.95. The van der Waals surface area contributed by atoms with Gasteiger partial charge in [-0.2, -0.15) is 10.2 Å². The van der Waals surface area contributed by atoms with E-state index in [0.717, 1.165) is 11.3 Å². The summed E-state index contributed by atoms with van der Waals surface area (Å²) in [5, 5.41) is 21.4. The van der Waals surface area contributed by atoms with Crippen molar-refractivity contribution in [2.45, 2.75) is 33.4 Å². The number of hydrogen-bond acceptors (Lipinski definition) is 4. The fraction of sp³-hybridized carbons (Fsp3) is 0.263. The van der Waals surface area contributed by atoms with Crippen LogP contribution >= 0.6 is 23.2 Å². The Morgan fingerprint density at radius 1 is 1.28 bits per heavy atom. The highest BCUT2D eigenvalue weighted by Gasteiger charge is 2.21. The maximum atomic E-state index is 12.7. The van der Waals surface area contributed by atoms with Gasteiger partial charge in [0, 0.05) is 16.2 Å². The molecule has 0 aliphatic carbocycles. The van der Waals surface area contributed by atoms with Crippen molar-refractivity contribution in [2.75, 3.05) is 5.32 Å². The zero-order valence-corrected chi connectivity index (χ0v) is 17.5. The van der Waals surface area contributed by atoms with Crippen LogP contribution < -0.4 is 5.32 Å². The lowest BCUT2D eigenvalue weighted by atomic mass is 10.2. The highest BCUT2D eigenvalue weighted by Crippen LogP contribution is 2.25. The van der Waals surface area contributed by atoms with E-state index in [2.05, 4.69) is 15.5 Å². The van der Waals surface area contributed by atoms with Crippen molar-refractivity contribution in [2.24, 2.45) is 0 Å². The Morgan fingerprint density at radius 2 is 2.00 bits per heavy atom. The standard InChI is InChI=1S/C19H19Cl2N5O3/c1-10-17(23-18(27)12(3)25-9-14(7-22-25)19(28)29)11(2)26(24-10)8-13-4-5-15(20)6-16(13)21/h4-7,9,12H,8H2,1-3H3,(H,23,27)(H,28,29). The fourth-order valence-electron chi connectivity index (χ4n) is 2.85. The maximum Gasteiger partial charge on any atom is 0.338 e. The van der Waals surface area contributed by atoms with Crippen LogP contribution in [0.4, 0.5) is 5.69 Å². The third-order valence-corrected chi connectivity index (χ3v) is 5.18. The largest absolute Gasteiger partial charge is 0.478 e. The van der Waals surface area contributed by atoms with Crippen LogP contribution in [0.2, 0.25) is 10.0 Å². The lowest BCUT2D eigenvalue weighted by molar-refractivity contribution is -0.119. The van der Waals surface area contributed by atoms with Gasteiger partial charge in [0.1, 0.15) is 6.04 Å². The molecule has 152 valence electrons. The number of aromatic nitrogens is 4. The lowest BCUT2D eigenvalue weighted by Crippen LogP contribution is -2.24. The molecule has 1 atom stereocenters. The van der Waals surface area contributed by atoms with E-state index >= 15 is 0 Å². The number of aryl methyl sites for hydroxylation is 1. The first-order chi connectivity index (χ1) is 13.7. The lowest BCUT2D eigenvalue weighted by Gasteiger charge is -2.13. The summed E-state index contributed by atoms with van der Waals surface area (Å²) in [6, 6.07) is 4.56. The minimum atomic E-state index is -1.10. The monoisotopic (exact) mass is 435 g/mol. The highest BCUT2D eigenvalue weighted by atomic mass is 35.5. The van der Waals surface area contributed by atoms with Crippen LogP contribution in [0.1, 0.15) is 40.3 Å². The van der Waals surface area contributed by atoms with Crippen LogP contribution in [0.15, 0.2) is 30.6 Å². The average Bonchev–Trinajstić information content (AvgIpc) is 3.25. The average molecular weight is 436 g/mol. The van der Waals surface area contributed by atoms with Gasteiger partial charge in [-0.25, -0.2) is 4.79 Å². The smallest absolute Gasteiger partial charge is 0.338 e. The van der Waals surface area contributed by atoms with Gasteiger partial charge in [0.15, 0.2) is 0 Å². The van der Waals surface area contributed by atoms with Gasteiger partial charge in [-0.1, -0.05) is 29.3 Å². The number of rotatable bonds is 6. The number of carbonyl (C=O) groups is 2. The van der Waals surface area contributed by atoms with Crippen LogP contribution in [-0.4, -0.2) is 36.5 Å². The van der Waals surface area contributed by atoms with Crippen LogP contribution in [0.3, 0.4) is 0 Å². The van der Waals surface area contributed by atoms with Gasteiger partial charge in [0.05, 0.1) is 35.4 Å². The van der Waals surface area contributed by atoms with Crippen molar-refractivity contribution in [1.29, 1.82) is 0 Å².